The summed E-state index contributed by atoms with van der Waals surface area (Å²) >= 11 is 6.15. The minimum atomic E-state index is 0.222. The maximum Gasteiger partial charge on any atom is 0.0409 e. The second kappa shape index (κ2) is 4.52. The molecule has 1 fully saturated rings. The molecule has 0 saturated carbocycles. The largest absolute Gasteiger partial charge is 0.309 e. The molecule has 1 N–H and O–H groups in total. The molecular formula is C15H21ClN2. The molecule has 1 atom stereocenters. The first-order valence-electron chi connectivity index (χ1n) is 6.83. The highest BCUT2D eigenvalue weighted by Crippen LogP contribution is 2.38. The number of benzene rings is 1. The molecule has 0 spiro atoms. The second-order valence-electron chi connectivity index (χ2n) is 6.18. The molecule has 2 aliphatic rings. The molecule has 1 heterocycles. The van der Waals surface area contributed by atoms with Crippen LogP contribution in [0.3, 0.4) is 0 Å². The predicted molar refractivity (Wildman–Crippen MR) is 76.2 cm³/mol. The molecule has 1 aromatic carbocycles. The highest BCUT2D eigenvalue weighted by molar-refractivity contribution is 6.30. The van der Waals surface area contributed by atoms with Gasteiger partial charge in [0.2, 0.25) is 0 Å². The van der Waals surface area contributed by atoms with Gasteiger partial charge in [0.1, 0.15) is 0 Å². The molecule has 0 amide bonds. The first kappa shape index (κ1) is 12.5. The lowest BCUT2D eigenvalue weighted by Crippen LogP contribution is -2.57. The Balaban J connectivity index is 1.85. The van der Waals surface area contributed by atoms with Gasteiger partial charge in [-0.3, -0.25) is 4.90 Å². The molecule has 1 aliphatic carbocycles. The van der Waals surface area contributed by atoms with E-state index in [1.807, 2.05) is 6.07 Å². The van der Waals surface area contributed by atoms with E-state index in [9.17, 15) is 0 Å². The Bertz CT molecular complexity index is 456. The molecule has 3 heteroatoms. The zero-order chi connectivity index (χ0) is 12.8. The average Bonchev–Trinajstić information content (AvgIpc) is 2.70. The van der Waals surface area contributed by atoms with Gasteiger partial charge in [-0.05, 0) is 49.9 Å². The molecule has 1 saturated heterocycles. The van der Waals surface area contributed by atoms with Crippen LogP contribution >= 0.6 is 11.6 Å². The standard InChI is InChI=1S/C15H21ClN2/c1-15(2)10-18(8-7-17-15)14-6-4-11-3-5-12(16)9-13(11)14/h3,5,9,14,17H,4,6-8,10H2,1-2H3/t14-/m1/s1. The van der Waals surface area contributed by atoms with Crippen LogP contribution in [0, 0.1) is 0 Å². The van der Waals surface area contributed by atoms with E-state index in [1.165, 1.54) is 24.0 Å². The molecule has 18 heavy (non-hydrogen) atoms. The van der Waals surface area contributed by atoms with Gasteiger partial charge in [-0.2, -0.15) is 0 Å². The summed E-state index contributed by atoms with van der Waals surface area (Å²) in [7, 11) is 0. The molecule has 0 unspecified atom stereocenters. The Kier molecular flexibility index (Phi) is 3.13. The Morgan fingerprint density at radius 1 is 1.39 bits per heavy atom. The first-order chi connectivity index (χ1) is 8.55. The van der Waals surface area contributed by atoms with Crippen molar-refractivity contribution >= 4 is 11.6 Å². The lowest BCUT2D eigenvalue weighted by atomic mass is 9.98. The summed E-state index contributed by atoms with van der Waals surface area (Å²) in [4.78, 5) is 2.62. The summed E-state index contributed by atoms with van der Waals surface area (Å²) in [5, 5.41) is 4.45. The van der Waals surface area contributed by atoms with Crippen LogP contribution in [0.1, 0.15) is 37.4 Å². The molecule has 0 radical (unpaired) electrons. The maximum absolute atomic E-state index is 6.15. The van der Waals surface area contributed by atoms with Crippen molar-refractivity contribution in [3.63, 3.8) is 0 Å². The molecule has 0 aromatic heterocycles. The monoisotopic (exact) mass is 264 g/mol. The van der Waals surface area contributed by atoms with Crippen molar-refractivity contribution in [2.24, 2.45) is 0 Å². The normalized spacial score (nSPS) is 27.2. The van der Waals surface area contributed by atoms with Gasteiger partial charge in [0.15, 0.2) is 0 Å². The number of nitrogens with one attached hydrogen (secondary N) is 1. The van der Waals surface area contributed by atoms with Crippen LogP contribution in [-0.2, 0) is 6.42 Å². The zero-order valence-electron chi connectivity index (χ0n) is 11.2. The summed E-state index contributed by atoms with van der Waals surface area (Å²) in [6.45, 7) is 7.91. The summed E-state index contributed by atoms with van der Waals surface area (Å²) in [5.41, 5.74) is 3.17. The lowest BCUT2D eigenvalue weighted by molar-refractivity contribution is 0.109. The summed E-state index contributed by atoms with van der Waals surface area (Å²) in [6, 6.07) is 6.96. The second-order valence-corrected chi connectivity index (χ2v) is 6.62. The van der Waals surface area contributed by atoms with E-state index in [4.69, 9.17) is 11.6 Å². The smallest absolute Gasteiger partial charge is 0.0409 e. The minimum Gasteiger partial charge on any atom is -0.309 e. The summed E-state index contributed by atoms with van der Waals surface area (Å²) in [5.74, 6) is 0. The Morgan fingerprint density at radius 2 is 2.22 bits per heavy atom. The highest BCUT2D eigenvalue weighted by atomic mass is 35.5. The summed E-state index contributed by atoms with van der Waals surface area (Å²) < 4.78 is 0. The number of halogens is 1. The van der Waals surface area contributed by atoms with E-state index in [-0.39, 0.29) is 5.54 Å². The molecule has 1 aliphatic heterocycles. The summed E-state index contributed by atoms with van der Waals surface area (Å²) in [6.07, 6.45) is 2.44. The fraction of sp³-hybridized carbons (Fsp3) is 0.600. The zero-order valence-corrected chi connectivity index (χ0v) is 11.9. The fourth-order valence-electron chi connectivity index (χ4n) is 3.38. The van der Waals surface area contributed by atoms with Crippen LogP contribution in [0.5, 0.6) is 0 Å². The van der Waals surface area contributed by atoms with Crippen LogP contribution in [0.25, 0.3) is 0 Å². The van der Waals surface area contributed by atoms with E-state index in [1.54, 1.807) is 0 Å². The van der Waals surface area contributed by atoms with E-state index < -0.39 is 0 Å². The lowest BCUT2D eigenvalue weighted by Gasteiger charge is -2.42. The molecule has 2 nitrogen and oxygen atoms in total. The van der Waals surface area contributed by atoms with Crippen LogP contribution in [0.15, 0.2) is 18.2 Å². The number of hydrogen-bond donors (Lipinski definition) is 1. The predicted octanol–water partition coefficient (Wildman–Crippen LogP) is 3.01. The van der Waals surface area contributed by atoms with E-state index in [0.717, 1.165) is 24.7 Å². The van der Waals surface area contributed by atoms with Crippen molar-refractivity contribution in [1.29, 1.82) is 0 Å². The topological polar surface area (TPSA) is 15.3 Å². The van der Waals surface area contributed by atoms with E-state index in [2.05, 4.69) is 36.2 Å². The SMILES string of the molecule is CC1(C)CN([C@@H]2CCc3ccc(Cl)cc32)CCN1. The number of fused-ring (bicyclic) bond motifs is 1. The third-order valence-corrected chi connectivity index (χ3v) is 4.43. The van der Waals surface area contributed by atoms with Crippen molar-refractivity contribution in [1.82, 2.24) is 10.2 Å². The molecular weight excluding hydrogens is 244 g/mol. The number of hydrogen-bond acceptors (Lipinski definition) is 2. The first-order valence-corrected chi connectivity index (χ1v) is 7.20. The number of nitrogens with zero attached hydrogens (tertiary/aromatic N) is 1. The average molecular weight is 265 g/mol. The molecule has 1 aromatic rings. The van der Waals surface area contributed by atoms with Gasteiger partial charge in [0, 0.05) is 36.2 Å². The Hall–Kier alpha value is -0.570. The van der Waals surface area contributed by atoms with Crippen LogP contribution in [0.2, 0.25) is 5.02 Å². The Labute approximate surface area is 114 Å². The third-order valence-electron chi connectivity index (χ3n) is 4.20. The van der Waals surface area contributed by atoms with Gasteiger partial charge in [-0.15, -0.1) is 0 Å². The minimum absolute atomic E-state index is 0.222. The number of piperazine rings is 1. The van der Waals surface area contributed by atoms with Crippen LogP contribution in [-0.4, -0.2) is 30.1 Å². The molecule has 3 rings (SSSR count). The van der Waals surface area contributed by atoms with Crippen LogP contribution in [0.4, 0.5) is 0 Å². The fourth-order valence-corrected chi connectivity index (χ4v) is 3.56. The van der Waals surface area contributed by atoms with E-state index >= 15 is 0 Å². The van der Waals surface area contributed by atoms with Crippen molar-refractivity contribution in [2.45, 2.75) is 38.3 Å². The number of rotatable bonds is 1. The van der Waals surface area contributed by atoms with Crippen molar-refractivity contribution < 1.29 is 0 Å². The number of aryl methyl sites for hydroxylation is 1. The van der Waals surface area contributed by atoms with Crippen molar-refractivity contribution in [3.05, 3.63) is 34.3 Å². The van der Waals surface area contributed by atoms with E-state index in [0.29, 0.717) is 6.04 Å². The van der Waals surface area contributed by atoms with Gasteiger partial charge in [0.25, 0.3) is 0 Å². The van der Waals surface area contributed by atoms with Gasteiger partial charge < -0.3 is 5.32 Å². The van der Waals surface area contributed by atoms with Crippen molar-refractivity contribution in [2.75, 3.05) is 19.6 Å². The molecule has 98 valence electrons. The maximum atomic E-state index is 6.15. The quantitative estimate of drug-likeness (QED) is 0.839. The van der Waals surface area contributed by atoms with Crippen molar-refractivity contribution in [3.8, 4) is 0 Å². The van der Waals surface area contributed by atoms with Gasteiger partial charge in [-0.25, -0.2) is 0 Å². The van der Waals surface area contributed by atoms with Gasteiger partial charge in [-0.1, -0.05) is 17.7 Å². The third kappa shape index (κ3) is 2.29. The van der Waals surface area contributed by atoms with Crippen LogP contribution < -0.4 is 5.32 Å². The molecule has 0 bridgehead atoms. The Morgan fingerprint density at radius 3 is 3.00 bits per heavy atom. The highest BCUT2D eigenvalue weighted by Gasteiger charge is 2.33. The van der Waals surface area contributed by atoms with Gasteiger partial charge >= 0.3 is 0 Å². The van der Waals surface area contributed by atoms with Gasteiger partial charge in [0.05, 0.1) is 0 Å².